The first-order chi connectivity index (χ1) is 11.5. The monoisotopic (exact) mass is 374 g/mol. The summed E-state index contributed by atoms with van der Waals surface area (Å²) in [6.45, 7) is 2.23. The highest BCUT2D eigenvalue weighted by atomic mass is 35.5. The topological polar surface area (TPSA) is 51.0 Å². The molecule has 0 saturated heterocycles. The number of anilines is 1. The van der Waals surface area contributed by atoms with Crippen molar-refractivity contribution in [1.29, 1.82) is 0 Å². The van der Waals surface area contributed by atoms with Gasteiger partial charge in [0, 0.05) is 24.9 Å². The van der Waals surface area contributed by atoms with E-state index in [-0.39, 0.29) is 23.2 Å². The molecular formula is C15H17ClF2N4OS. The maximum absolute atomic E-state index is 12.3. The predicted octanol–water partition coefficient (Wildman–Crippen LogP) is 3.66. The van der Waals surface area contributed by atoms with Crippen molar-refractivity contribution < 1.29 is 13.6 Å². The van der Waals surface area contributed by atoms with E-state index in [4.69, 9.17) is 11.6 Å². The van der Waals surface area contributed by atoms with Gasteiger partial charge in [0.25, 0.3) is 0 Å². The Bertz CT molecular complexity index is 669. The summed E-state index contributed by atoms with van der Waals surface area (Å²) >= 11 is 7.22. The number of pyridine rings is 1. The van der Waals surface area contributed by atoms with Crippen molar-refractivity contribution >= 4 is 35.0 Å². The van der Waals surface area contributed by atoms with Crippen molar-refractivity contribution in [3.05, 3.63) is 35.9 Å². The van der Waals surface area contributed by atoms with Gasteiger partial charge < -0.3 is 4.90 Å². The number of thioether (sulfide) groups is 1. The summed E-state index contributed by atoms with van der Waals surface area (Å²) in [5, 5.41) is 4.40. The lowest BCUT2D eigenvalue weighted by molar-refractivity contribution is -0.118. The lowest BCUT2D eigenvalue weighted by Crippen LogP contribution is -2.30. The summed E-state index contributed by atoms with van der Waals surface area (Å²) in [6.07, 6.45) is 2.74. The molecule has 1 amide bonds. The minimum atomic E-state index is -2.36. The normalized spacial score (nSPS) is 11.0. The van der Waals surface area contributed by atoms with Crippen LogP contribution >= 0.6 is 23.4 Å². The van der Waals surface area contributed by atoms with E-state index in [0.717, 1.165) is 17.4 Å². The molecule has 0 aromatic carbocycles. The molecule has 2 rings (SSSR count). The quantitative estimate of drug-likeness (QED) is 0.662. The van der Waals surface area contributed by atoms with Gasteiger partial charge in [-0.15, -0.1) is 0 Å². The fraction of sp³-hybridized carbons (Fsp3) is 0.400. The molecule has 5 nitrogen and oxygen atoms in total. The summed E-state index contributed by atoms with van der Waals surface area (Å²) in [4.78, 5) is 17.9. The maximum Gasteiger partial charge on any atom is 0.247 e. The average molecular weight is 375 g/mol. The highest BCUT2D eigenvalue weighted by Crippen LogP contribution is 2.26. The van der Waals surface area contributed by atoms with Crippen molar-refractivity contribution in [2.45, 2.75) is 19.8 Å². The number of halogens is 3. The second-order valence-electron chi connectivity index (χ2n) is 4.81. The van der Waals surface area contributed by atoms with E-state index in [1.165, 1.54) is 4.90 Å². The van der Waals surface area contributed by atoms with E-state index < -0.39 is 6.43 Å². The molecule has 0 radical (unpaired) electrons. The molecule has 0 spiro atoms. The van der Waals surface area contributed by atoms with Crippen LogP contribution in [-0.4, -0.2) is 45.1 Å². The van der Waals surface area contributed by atoms with Gasteiger partial charge in [-0.25, -0.2) is 13.5 Å². The van der Waals surface area contributed by atoms with Gasteiger partial charge in [-0.3, -0.25) is 9.78 Å². The summed E-state index contributed by atoms with van der Waals surface area (Å²) in [5.41, 5.74) is 1.22. The third kappa shape index (κ3) is 4.91. The highest BCUT2D eigenvalue weighted by Gasteiger charge is 2.20. The zero-order valence-electron chi connectivity index (χ0n) is 13.0. The van der Waals surface area contributed by atoms with Gasteiger partial charge in [-0.2, -0.15) is 16.9 Å². The zero-order chi connectivity index (χ0) is 17.5. The molecular weight excluding hydrogens is 358 g/mol. The molecule has 0 N–H and O–H groups in total. The van der Waals surface area contributed by atoms with Gasteiger partial charge in [-0.1, -0.05) is 11.6 Å². The molecule has 2 heterocycles. The molecule has 0 fully saturated rings. The standard InChI is InChI=1S/C15H17ClF2N4OS/c1-2-21(14(23)5-7-24-10-13(17)18)12-9-22(20-15(12)16)11-4-3-6-19-8-11/h3-4,6,8-9,13H,2,5,7,10H2,1H3. The van der Waals surface area contributed by atoms with Gasteiger partial charge in [0.15, 0.2) is 5.15 Å². The molecule has 2 aromatic heterocycles. The first-order valence-corrected chi connectivity index (χ1v) is 8.88. The lowest BCUT2D eigenvalue weighted by atomic mass is 10.3. The number of alkyl halides is 2. The van der Waals surface area contributed by atoms with Crippen LogP contribution < -0.4 is 4.90 Å². The number of amides is 1. The molecule has 0 unspecified atom stereocenters. The van der Waals surface area contributed by atoms with Crippen molar-refractivity contribution in [3.63, 3.8) is 0 Å². The Labute approximate surface area is 148 Å². The molecule has 24 heavy (non-hydrogen) atoms. The van der Waals surface area contributed by atoms with Gasteiger partial charge in [0.05, 0.1) is 23.8 Å². The van der Waals surface area contributed by atoms with Crippen LogP contribution in [0.2, 0.25) is 5.15 Å². The van der Waals surface area contributed by atoms with Gasteiger partial charge in [0.1, 0.15) is 5.69 Å². The number of hydrogen-bond donors (Lipinski definition) is 0. The molecule has 0 aliphatic rings. The number of carbonyl (C=O) groups is 1. The second-order valence-corrected chi connectivity index (χ2v) is 6.32. The molecule has 2 aromatic rings. The predicted molar refractivity (Wildman–Crippen MR) is 92.3 cm³/mol. The van der Waals surface area contributed by atoms with Crippen LogP contribution in [0.4, 0.5) is 14.5 Å². The first kappa shape index (κ1) is 18.7. The maximum atomic E-state index is 12.3. The van der Waals surface area contributed by atoms with E-state index in [0.29, 0.717) is 18.0 Å². The van der Waals surface area contributed by atoms with Crippen LogP contribution in [0.15, 0.2) is 30.7 Å². The summed E-state index contributed by atoms with van der Waals surface area (Å²) in [6, 6.07) is 3.59. The van der Waals surface area contributed by atoms with E-state index in [1.54, 1.807) is 29.3 Å². The van der Waals surface area contributed by atoms with E-state index >= 15 is 0 Å². The minimum absolute atomic E-state index is 0.166. The molecule has 0 saturated carbocycles. The SMILES string of the molecule is CCN(C(=O)CCSCC(F)F)c1cn(-c2cccnc2)nc1Cl. The van der Waals surface area contributed by atoms with Crippen LogP contribution in [0.1, 0.15) is 13.3 Å². The van der Waals surface area contributed by atoms with Gasteiger partial charge in [-0.05, 0) is 19.1 Å². The van der Waals surface area contributed by atoms with Gasteiger partial charge >= 0.3 is 0 Å². The number of rotatable bonds is 8. The van der Waals surface area contributed by atoms with E-state index in [9.17, 15) is 13.6 Å². The summed E-state index contributed by atoms with van der Waals surface area (Å²) < 4.78 is 25.8. The first-order valence-electron chi connectivity index (χ1n) is 7.34. The fourth-order valence-corrected chi connectivity index (χ4v) is 2.99. The third-order valence-electron chi connectivity index (χ3n) is 3.17. The van der Waals surface area contributed by atoms with Gasteiger partial charge in [0.2, 0.25) is 12.3 Å². The zero-order valence-corrected chi connectivity index (χ0v) is 14.6. The van der Waals surface area contributed by atoms with Crippen molar-refractivity contribution in [2.75, 3.05) is 23.0 Å². The molecule has 0 aliphatic heterocycles. The molecule has 0 atom stereocenters. The van der Waals surface area contributed by atoms with Crippen LogP contribution in [0.5, 0.6) is 0 Å². The van der Waals surface area contributed by atoms with Crippen molar-refractivity contribution in [1.82, 2.24) is 14.8 Å². The van der Waals surface area contributed by atoms with E-state index in [2.05, 4.69) is 10.1 Å². The summed E-state index contributed by atoms with van der Waals surface area (Å²) in [7, 11) is 0. The largest absolute Gasteiger partial charge is 0.308 e. The van der Waals surface area contributed by atoms with Crippen LogP contribution in [-0.2, 0) is 4.79 Å². The molecule has 9 heteroatoms. The van der Waals surface area contributed by atoms with Crippen molar-refractivity contribution in [3.8, 4) is 5.69 Å². The fourth-order valence-electron chi connectivity index (χ4n) is 2.09. The minimum Gasteiger partial charge on any atom is -0.308 e. The number of nitrogens with zero attached hydrogens (tertiary/aromatic N) is 4. The Morgan fingerprint density at radius 2 is 2.29 bits per heavy atom. The summed E-state index contributed by atoms with van der Waals surface area (Å²) in [5.74, 6) is -0.0976. The Hall–Kier alpha value is -1.67. The van der Waals surface area contributed by atoms with Crippen LogP contribution in [0.25, 0.3) is 5.69 Å². The van der Waals surface area contributed by atoms with E-state index in [1.807, 2.05) is 13.0 Å². The number of hydrogen-bond acceptors (Lipinski definition) is 4. The Kier molecular flexibility index (Phi) is 6.99. The Balaban J connectivity index is 2.07. The molecule has 0 aliphatic carbocycles. The molecule has 130 valence electrons. The second kappa shape index (κ2) is 8.98. The Morgan fingerprint density at radius 1 is 1.50 bits per heavy atom. The molecule has 0 bridgehead atoms. The van der Waals surface area contributed by atoms with Crippen LogP contribution in [0.3, 0.4) is 0 Å². The number of carbonyl (C=O) groups excluding carboxylic acids is 1. The lowest BCUT2D eigenvalue weighted by Gasteiger charge is -2.19. The van der Waals surface area contributed by atoms with Crippen LogP contribution in [0, 0.1) is 0 Å². The smallest absolute Gasteiger partial charge is 0.247 e. The van der Waals surface area contributed by atoms with Crippen molar-refractivity contribution in [2.24, 2.45) is 0 Å². The highest BCUT2D eigenvalue weighted by molar-refractivity contribution is 7.99. The Morgan fingerprint density at radius 3 is 2.92 bits per heavy atom. The third-order valence-corrected chi connectivity index (χ3v) is 4.42. The number of aromatic nitrogens is 3. The average Bonchev–Trinajstić information content (AvgIpc) is 2.95.